The Hall–Kier alpha value is -1.36. The molecule has 1 amide bonds. The van der Waals surface area contributed by atoms with Crippen molar-refractivity contribution in [2.75, 3.05) is 19.1 Å². The lowest BCUT2D eigenvalue weighted by atomic mass is 10.1. The van der Waals surface area contributed by atoms with Crippen molar-refractivity contribution in [1.82, 2.24) is 4.90 Å². The van der Waals surface area contributed by atoms with Crippen molar-refractivity contribution in [3.63, 3.8) is 0 Å². The van der Waals surface area contributed by atoms with E-state index in [0.29, 0.717) is 5.56 Å². The number of benzene rings is 1. The van der Waals surface area contributed by atoms with Crippen molar-refractivity contribution in [3.05, 3.63) is 23.8 Å². The molecule has 1 aromatic carbocycles. The number of nitrogens with zero attached hydrogens (tertiary/aromatic N) is 1. The zero-order valence-corrected chi connectivity index (χ0v) is 11.7. The lowest BCUT2D eigenvalue weighted by molar-refractivity contribution is 0.0740. The molecule has 0 spiro atoms. The highest BCUT2D eigenvalue weighted by atomic mass is 32.2. The summed E-state index contributed by atoms with van der Waals surface area (Å²) in [5, 5.41) is 18.7. The lowest BCUT2D eigenvalue weighted by Gasteiger charge is -2.25. The highest BCUT2D eigenvalue weighted by Gasteiger charge is 2.18. The number of hydrogen-bond donors (Lipinski definition) is 2. The molecule has 5 heteroatoms. The van der Waals surface area contributed by atoms with Gasteiger partial charge in [0.15, 0.2) is 0 Å². The van der Waals surface area contributed by atoms with Crippen LogP contribution in [0.3, 0.4) is 0 Å². The van der Waals surface area contributed by atoms with Crippen molar-refractivity contribution >= 4 is 17.7 Å². The summed E-state index contributed by atoms with van der Waals surface area (Å²) in [5.41, 5.74) is 0.297. The Balaban J connectivity index is 2.79. The molecule has 2 N–H and O–H groups in total. The first-order valence-electron chi connectivity index (χ1n) is 5.74. The fourth-order valence-electron chi connectivity index (χ4n) is 1.60. The summed E-state index contributed by atoms with van der Waals surface area (Å²) in [7, 11) is 1.73. The van der Waals surface area contributed by atoms with Gasteiger partial charge in [0.2, 0.25) is 0 Å². The van der Waals surface area contributed by atoms with Crippen LogP contribution in [0.5, 0.6) is 11.5 Å². The Kier molecular flexibility index (Phi) is 5.34. The second-order valence-electron chi connectivity index (χ2n) is 4.28. The zero-order valence-electron chi connectivity index (χ0n) is 10.9. The number of carbonyl (C=O) groups excluding carboxylic acids is 1. The quantitative estimate of drug-likeness (QED) is 0.861. The third-order valence-electron chi connectivity index (χ3n) is 2.87. The second kappa shape index (κ2) is 6.54. The molecule has 100 valence electrons. The van der Waals surface area contributed by atoms with Gasteiger partial charge in [-0.05, 0) is 37.5 Å². The molecule has 0 saturated heterocycles. The van der Waals surface area contributed by atoms with Crippen LogP contribution in [-0.4, -0.2) is 46.1 Å². The molecule has 1 atom stereocenters. The van der Waals surface area contributed by atoms with E-state index in [1.165, 1.54) is 18.2 Å². The third-order valence-corrected chi connectivity index (χ3v) is 3.51. The van der Waals surface area contributed by atoms with E-state index in [1.807, 2.05) is 13.2 Å². The number of hydrogen-bond acceptors (Lipinski definition) is 4. The standard InChI is InChI=1S/C13H19NO3S/c1-9(4-5-18-3)14(2)13(17)10-6-11(15)8-12(16)7-10/h6-9,15-16H,4-5H2,1-3H3. The van der Waals surface area contributed by atoms with Crippen molar-refractivity contribution in [1.29, 1.82) is 0 Å². The number of phenols is 2. The maximum atomic E-state index is 12.2. The van der Waals surface area contributed by atoms with E-state index < -0.39 is 0 Å². The van der Waals surface area contributed by atoms with Crippen LogP contribution >= 0.6 is 11.8 Å². The largest absolute Gasteiger partial charge is 0.508 e. The molecule has 0 aliphatic heterocycles. The van der Waals surface area contributed by atoms with Gasteiger partial charge in [0.05, 0.1) is 0 Å². The first-order valence-corrected chi connectivity index (χ1v) is 7.14. The SMILES string of the molecule is CSCCC(C)N(C)C(=O)c1cc(O)cc(O)c1. The van der Waals surface area contributed by atoms with Gasteiger partial charge >= 0.3 is 0 Å². The molecule has 1 rings (SSSR count). The Labute approximate surface area is 112 Å². The van der Waals surface area contributed by atoms with Gasteiger partial charge in [-0.1, -0.05) is 0 Å². The maximum absolute atomic E-state index is 12.2. The molecule has 0 saturated carbocycles. The van der Waals surface area contributed by atoms with E-state index in [2.05, 4.69) is 0 Å². The van der Waals surface area contributed by atoms with Crippen molar-refractivity contribution in [2.45, 2.75) is 19.4 Å². The van der Waals surface area contributed by atoms with E-state index in [9.17, 15) is 15.0 Å². The number of carbonyl (C=O) groups is 1. The molecule has 0 aromatic heterocycles. The fraction of sp³-hybridized carbons (Fsp3) is 0.462. The smallest absolute Gasteiger partial charge is 0.254 e. The lowest BCUT2D eigenvalue weighted by Crippen LogP contribution is -2.35. The van der Waals surface area contributed by atoms with Gasteiger partial charge in [-0.2, -0.15) is 11.8 Å². The Morgan fingerprint density at radius 2 is 1.89 bits per heavy atom. The predicted octanol–water partition coefficient (Wildman–Crippen LogP) is 2.31. The minimum absolute atomic E-state index is 0.108. The summed E-state index contributed by atoms with van der Waals surface area (Å²) < 4.78 is 0. The monoisotopic (exact) mass is 269 g/mol. The normalized spacial score (nSPS) is 12.2. The molecule has 0 aliphatic rings. The van der Waals surface area contributed by atoms with E-state index in [4.69, 9.17) is 0 Å². The van der Waals surface area contributed by atoms with Crippen molar-refractivity contribution in [3.8, 4) is 11.5 Å². The Bertz CT molecular complexity index is 402. The first-order chi connectivity index (χ1) is 8.45. The van der Waals surface area contributed by atoms with Crippen LogP contribution in [0, 0.1) is 0 Å². The minimum atomic E-state index is -0.199. The summed E-state index contributed by atoms with van der Waals surface area (Å²) in [4.78, 5) is 13.8. The zero-order chi connectivity index (χ0) is 13.7. The highest BCUT2D eigenvalue weighted by Crippen LogP contribution is 2.22. The molecule has 4 nitrogen and oxygen atoms in total. The van der Waals surface area contributed by atoms with Gasteiger partial charge in [-0.3, -0.25) is 4.79 Å². The number of aromatic hydroxyl groups is 2. The average molecular weight is 269 g/mol. The molecule has 1 unspecified atom stereocenters. The van der Waals surface area contributed by atoms with Crippen LogP contribution < -0.4 is 0 Å². The summed E-state index contributed by atoms with van der Waals surface area (Å²) in [6.07, 6.45) is 2.94. The van der Waals surface area contributed by atoms with Crippen LogP contribution in [0.15, 0.2) is 18.2 Å². The third kappa shape index (κ3) is 3.84. The summed E-state index contributed by atoms with van der Waals surface area (Å²) in [5.74, 6) is 0.575. The molecule has 1 aromatic rings. The number of phenolic OH excluding ortho intramolecular Hbond substituents is 2. The molecule has 18 heavy (non-hydrogen) atoms. The van der Waals surface area contributed by atoms with Crippen LogP contribution in [0.4, 0.5) is 0 Å². The average Bonchev–Trinajstić information content (AvgIpc) is 2.32. The molecule has 0 bridgehead atoms. The fourth-order valence-corrected chi connectivity index (χ4v) is 2.18. The van der Waals surface area contributed by atoms with Crippen LogP contribution in [0.2, 0.25) is 0 Å². The van der Waals surface area contributed by atoms with Crippen molar-refractivity contribution < 1.29 is 15.0 Å². The molecule has 0 aliphatic carbocycles. The summed E-state index contributed by atoms with van der Waals surface area (Å²) in [6, 6.07) is 4.04. The molecular weight excluding hydrogens is 250 g/mol. The minimum Gasteiger partial charge on any atom is -0.508 e. The summed E-state index contributed by atoms with van der Waals surface area (Å²) in [6.45, 7) is 1.98. The van der Waals surface area contributed by atoms with E-state index in [1.54, 1.807) is 23.7 Å². The van der Waals surface area contributed by atoms with E-state index >= 15 is 0 Å². The molecule has 0 fully saturated rings. The van der Waals surface area contributed by atoms with Gasteiger partial charge in [0.1, 0.15) is 11.5 Å². The van der Waals surface area contributed by atoms with Gasteiger partial charge in [-0.25, -0.2) is 0 Å². The first kappa shape index (κ1) is 14.7. The van der Waals surface area contributed by atoms with Gasteiger partial charge in [0.25, 0.3) is 5.91 Å². The second-order valence-corrected chi connectivity index (χ2v) is 5.27. The number of amides is 1. The highest BCUT2D eigenvalue weighted by molar-refractivity contribution is 7.98. The van der Waals surface area contributed by atoms with Crippen LogP contribution in [-0.2, 0) is 0 Å². The van der Waals surface area contributed by atoms with Crippen LogP contribution in [0.1, 0.15) is 23.7 Å². The topological polar surface area (TPSA) is 60.8 Å². The number of thioether (sulfide) groups is 1. The summed E-state index contributed by atoms with van der Waals surface area (Å²) >= 11 is 1.74. The van der Waals surface area contributed by atoms with E-state index in [0.717, 1.165) is 12.2 Å². The Morgan fingerprint density at radius 1 is 1.33 bits per heavy atom. The van der Waals surface area contributed by atoms with Gasteiger partial charge in [0, 0.05) is 24.7 Å². The Morgan fingerprint density at radius 3 is 2.39 bits per heavy atom. The van der Waals surface area contributed by atoms with Crippen LogP contribution in [0.25, 0.3) is 0 Å². The predicted molar refractivity (Wildman–Crippen MR) is 74.3 cm³/mol. The molecule has 0 radical (unpaired) electrons. The van der Waals surface area contributed by atoms with Gasteiger partial charge < -0.3 is 15.1 Å². The number of rotatable bonds is 5. The maximum Gasteiger partial charge on any atom is 0.254 e. The molecular formula is C13H19NO3S. The van der Waals surface area contributed by atoms with Crippen molar-refractivity contribution in [2.24, 2.45) is 0 Å². The van der Waals surface area contributed by atoms with Gasteiger partial charge in [-0.15, -0.1) is 0 Å². The molecule has 0 heterocycles. The van der Waals surface area contributed by atoms with E-state index in [-0.39, 0.29) is 23.4 Å².